The summed E-state index contributed by atoms with van der Waals surface area (Å²) in [6.07, 6.45) is 0.566. The number of amides is 1. The summed E-state index contributed by atoms with van der Waals surface area (Å²) < 4.78 is 6.57. The minimum absolute atomic E-state index is 0.0298. The molecule has 3 aromatic carbocycles. The van der Waals surface area contributed by atoms with Crippen LogP contribution >= 0.6 is 39.1 Å². The quantitative estimate of drug-likeness (QED) is 0.415. The van der Waals surface area contributed by atoms with Crippen LogP contribution in [0.25, 0.3) is 0 Å². The summed E-state index contributed by atoms with van der Waals surface area (Å²) >= 11 is 15.9. The minimum atomic E-state index is -0.363. The van der Waals surface area contributed by atoms with Crippen molar-refractivity contribution in [3.63, 3.8) is 0 Å². The van der Waals surface area contributed by atoms with Gasteiger partial charge in [-0.2, -0.15) is 0 Å². The molecule has 6 heteroatoms. The molecule has 1 atom stereocenters. The predicted octanol–water partition coefficient (Wildman–Crippen LogP) is 6.77. The minimum Gasteiger partial charge on any atom is -0.496 e. The van der Waals surface area contributed by atoms with E-state index in [1.165, 1.54) is 0 Å². The monoisotopic (exact) mass is 475 g/mol. The molecule has 4 rings (SSSR count). The molecule has 142 valence electrons. The van der Waals surface area contributed by atoms with Crippen molar-refractivity contribution in [2.75, 3.05) is 12.0 Å². The first kappa shape index (κ1) is 19.3. The summed E-state index contributed by atoms with van der Waals surface area (Å²) in [7, 11) is 1.62. The van der Waals surface area contributed by atoms with Gasteiger partial charge >= 0.3 is 0 Å². The lowest BCUT2D eigenvalue weighted by molar-refractivity contribution is -0.118. The summed E-state index contributed by atoms with van der Waals surface area (Å²) in [4.78, 5) is 15.2. The summed E-state index contributed by atoms with van der Waals surface area (Å²) in [6, 6.07) is 18.8. The van der Waals surface area contributed by atoms with Gasteiger partial charge in [-0.05, 0) is 54.4 Å². The van der Waals surface area contributed by atoms with Crippen LogP contribution in [0, 0.1) is 0 Å². The molecule has 0 fully saturated rings. The van der Waals surface area contributed by atoms with Gasteiger partial charge in [-0.15, -0.1) is 0 Å². The van der Waals surface area contributed by atoms with Crippen LogP contribution in [-0.4, -0.2) is 13.0 Å². The summed E-state index contributed by atoms with van der Waals surface area (Å²) in [5, 5.41) is 0.963. The molecule has 0 N–H and O–H groups in total. The van der Waals surface area contributed by atoms with Crippen LogP contribution in [0.15, 0.2) is 65.1 Å². The number of fused-ring (bicyclic) bond motifs is 1. The highest BCUT2D eigenvalue weighted by Crippen LogP contribution is 2.48. The molecule has 1 heterocycles. The zero-order chi connectivity index (χ0) is 19.8. The second kappa shape index (κ2) is 7.78. The highest BCUT2D eigenvalue weighted by molar-refractivity contribution is 9.10. The standard InChI is InChI=1S/C22H16BrCl2NO2/c1-28-20-7-3-6-19-21(20)18(9-13-4-2-5-14(23)8-13)22(27)26(19)17-11-15(24)10-16(25)12-17/h2-8,10-12,18H,9H2,1H3. The van der Waals surface area contributed by atoms with E-state index in [2.05, 4.69) is 15.9 Å². The fourth-order valence-corrected chi connectivity index (χ4v) is 4.64. The molecule has 0 spiro atoms. The number of rotatable bonds is 4. The Morgan fingerprint density at radius 1 is 1.04 bits per heavy atom. The van der Waals surface area contributed by atoms with Crippen molar-refractivity contribution < 1.29 is 9.53 Å². The SMILES string of the molecule is COc1cccc2c1C(Cc1cccc(Br)c1)C(=O)N2c1cc(Cl)cc(Cl)c1. The molecule has 1 amide bonds. The van der Waals surface area contributed by atoms with Crippen molar-refractivity contribution >= 4 is 56.4 Å². The summed E-state index contributed by atoms with van der Waals surface area (Å²) in [5.41, 5.74) is 3.39. The third kappa shape index (κ3) is 3.52. The molecule has 1 aliphatic heterocycles. The molecule has 0 bridgehead atoms. The maximum absolute atomic E-state index is 13.5. The smallest absolute Gasteiger partial charge is 0.239 e. The van der Waals surface area contributed by atoms with Gasteiger partial charge in [0.1, 0.15) is 5.75 Å². The normalized spacial score (nSPS) is 15.6. The molecule has 0 aromatic heterocycles. The van der Waals surface area contributed by atoms with E-state index < -0.39 is 0 Å². The molecule has 1 unspecified atom stereocenters. The maximum Gasteiger partial charge on any atom is 0.239 e. The van der Waals surface area contributed by atoms with Crippen LogP contribution in [0.1, 0.15) is 17.0 Å². The number of carbonyl (C=O) groups is 1. The summed E-state index contributed by atoms with van der Waals surface area (Å²) in [6.45, 7) is 0. The second-order valence-corrected chi connectivity index (χ2v) is 8.37. The Bertz CT molecular complexity index is 1050. The predicted molar refractivity (Wildman–Crippen MR) is 117 cm³/mol. The molecular weight excluding hydrogens is 461 g/mol. The van der Waals surface area contributed by atoms with Gasteiger partial charge in [-0.1, -0.05) is 57.3 Å². The third-order valence-electron chi connectivity index (χ3n) is 4.81. The van der Waals surface area contributed by atoms with Crippen LogP contribution in [0.4, 0.5) is 11.4 Å². The van der Waals surface area contributed by atoms with Crippen molar-refractivity contribution in [1.29, 1.82) is 0 Å². The van der Waals surface area contributed by atoms with E-state index in [1.54, 1.807) is 30.2 Å². The topological polar surface area (TPSA) is 29.5 Å². The van der Waals surface area contributed by atoms with E-state index in [4.69, 9.17) is 27.9 Å². The highest BCUT2D eigenvalue weighted by Gasteiger charge is 2.40. The fourth-order valence-electron chi connectivity index (χ4n) is 3.68. The number of methoxy groups -OCH3 is 1. The average molecular weight is 477 g/mol. The molecule has 3 aromatic rings. The van der Waals surface area contributed by atoms with Crippen LogP contribution < -0.4 is 9.64 Å². The highest BCUT2D eigenvalue weighted by atomic mass is 79.9. The van der Waals surface area contributed by atoms with Crippen molar-refractivity contribution in [2.24, 2.45) is 0 Å². The molecule has 0 aliphatic carbocycles. The number of ether oxygens (including phenoxy) is 1. The lowest BCUT2D eigenvalue weighted by Gasteiger charge is -2.19. The molecule has 0 saturated heterocycles. The molecule has 0 saturated carbocycles. The Morgan fingerprint density at radius 2 is 1.75 bits per heavy atom. The number of carbonyl (C=O) groups excluding carboxylic acids is 1. The van der Waals surface area contributed by atoms with Crippen molar-refractivity contribution in [3.8, 4) is 5.75 Å². The van der Waals surface area contributed by atoms with Gasteiger partial charge < -0.3 is 4.74 Å². The van der Waals surface area contributed by atoms with Gasteiger partial charge in [0.05, 0.1) is 24.4 Å². The first-order chi connectivity index (χ1) is 13.5. The Hall–Kier alpha value is -2.01. The van der Waals surface area contributed by atoms with Gasteiger partial charge in [0.25, 0.3) is 0 Å². The van der Waals surface area contributed by atoms with Crippen LogP contribution in [0.5, 0.6) is 5.75 Å². The number of anilines is 2. The van der Waals surface area contributed by atoms with E-state index in [-0.39, 0.29) is 11.8 Å². The Kier molecular flexibility index (Phi) is 5.37. The van der Waals surface area contributed by atoms with Crippen molar-refractivity contribution in [2.45, 2.75) is 12.3 Å². The largest absolute Gasteiger partial charge is 0.496 e. The number of benzene rings is 3. The van der Waals surface area contributed by atoms with Crippen molar-refractivity contribution in [3.05, 3.63) is 86.3 Å². The third-order valence-corrected chi connectivity index (χ3v) is 5.73. The lowest BCUT2D eigenvalue weighted by Crippen LogP contribution is -2.24. The van der Waals surface area contributed by atoms with Crippen molar-refractivity contribution in [1.82, 2.24) is 0 Å². The molecule has 1 aliphatic rings. The summed E-state index contributed by atoms with van der Waals surface area (Å²) in [5.74, 6) is 0.303. The van der Waals surface area contributed by atoms with E-state index >= 15 is 0 Å². The molecule has 28 heavy (non-hydrogen) atoms. The van der Waals surface area contributed by atoms with E-state index in [1.807, 2.05) is 42.5 Å². The fraction of sp³-hybridized carbons (Fsp3) is 0.136. The number of hydrogen-bond acceptors (Lipinski definition) is 2. The van der Waals surface area contributed by atoms with E-state index in [9.17, 15) is 4.79 Å². The second-order valence-electron chi connectivity index (χ2n) is 6.58. The Morgan fingerprint density at radius 3 is 2.43 bits per heavy atom. The van der Waals surface area contributed by atoms with Gasteiger partial charge in [0.15, 0.2) is 0 Å². The van der Waals surface area contributed by atoms with Gasteiger partial charge in [0.2, 0.25) is 5.91 Å². The zero-order valence-electron chi connectivity index (χ0n) is 15.0. The Labute approximate surface area is 182 Å². The first-order valence-electron chi connectivity index (χ1n) is 8.69. The zero-order valence-corrected chi connectivity index (χ0v) is 18.1. The number of hydrogen-bond donors (Lipinski definition) is 0. The lowest BCUT2D eigenvalue weighted by atomic mass is 9.92. The first-order valence-corrected chi connectivity index (χ1v) is 10.2. The molecular formula is C22H16BrCl2NO2. The molecule has 0 radical (unpaired) electrons. The van der Waals surface area contributed by atoms with Crippen LogP contribution in [-0.2, 0) is 11.2 Å². The van der Waals surface area contributed by atoms with Gasteiger partial charge in [0, 0.05) is 20.1 Å². The molecule has 3 nitrogen and oxygen atoms in total. The van der Waals surface area contributed by atoms with Crippen LogP contribution in [0.3, 0.4) is 0 Å². The van der Waals surface area contributed by atoms with E-state index in [0.29, 0.717) is 27.9 Å². The van der Waals surface area contributed by atoms with Gasteiger partial charge in [-0.25, -0.2) is 0 Å². The maximum atomic E-state index is 13.5. The van der Waals surface area contributed by atoms with E-state index in [0.717, 1.165) is 21.3 Å². The number of halogens is 3. The van der Waals surface area contributed by atoms with Crippen LogP contribution in [0.2, 0.25) is 10.0 Å². The average Bonchev–Trinajstić information content (AvgIpc) is 2.93. The Balaban J connectivity index is 1.84. The van der Waals surface area contributed by atoms with Gasteiger partial charge in [-0.3, -0.25) is 9.69 Å². The number of nitrogens with zero attached hydrogens (tertiary/aromatic N) is 1.